The van der Waals surface area contributed by atoms with Crippen molar-refractivity contribution >= 4 is 49.6 Å². The number of rotatable bonds is 5. The fraction of sp³-hybridized carbons (Fsp3) is 0.533. The van der Waals surface area contributed by atoms with Crippen LogP contribution in [0.5, 0.6) is 0 Å². The second-order valence-electron chi connectivity index (χ2n) is 5.66. The van der Waals surface area contributed by atoms with Crippen molar-refractivity contribution in [2.24, 2.45) is 5.92 Å². The summed E-state index contributed by atoms with van der Waals surface area (Å²) < 4.78 is 6.00. The number of halogens is 2. The van der Waals surface area contributed by atoms with Gasteiger partial charge in [0.05, 0.1) is 16.2 Å². The van der Waals surface area contributed by atoms with Crippen LogP contribution < -0.4 is 10.6 Å². The SMILES string of the molecule is COC(=O)CNC(=O)C1CCC(NC(=O)c2cc(Br)c(Br)[nH]2)CC1. The Morgan fingerprint density at radius 2 is 1.92 bits per heavy atom. The number of nitrogens with one attached hydrogen (secondary N) is 3. The molecular formula is C15H19Br2N3O4. The first-order chi connectivity index (χ1) is 11.4. The molecule has 0 aromatic carbocycles. The van der Waals surface area contributed by atoms with Crippen LogP contribution in [0.15, 0.2) is 15.1 Å². The number of methoxy groups -OCH3 is 1. The topological polar surface area (TPSA) is 100 Å². The lowest BCUT2D eigenvalue weighted by atomic mass is 9.85. The predicted octanol–water partition coefficient (Wildman–Crippen LogP) is 2.12. The molecule has 0 saturated heterocycles. The van der Waals surface area contributed by atoms with Crippen LogP contribution in [0.25, 0.3) is 0 Å². The molecular weight excluding hydrogens is 446 g/mol. The zero-order valence-corrected chi connectivity index (χ0v) is 16.3. The molecule has 2 rings (SSSR count). The van der Waals surface area contributed by atoms with Gasteiger partial charge in [0, 0.05) is 12.0 Å². The van der Waals surface area contributed by atoms with E-state index >= 15 is 0 Å². The number of hydrogen-bond acceptors (Lipinski definition) is 4. The van der Waals surface area contributed by atoms with E-state index in [2.05, 4.69) is 52.2 Å². The Labute approximate surface area is 156 Å². The van der Waals surface area contributed by atoms with Crippen molar-refractivity contribution in [3.63, 3.8) is 0 Å². The molecule has 1 heterocycles. The van der Waals surface area contributed by atoms with Gasteiger partial charge < -0.3 is 20.4 Å². The molecule has 0 aliphatic heterocycles. The van der Waals surface area contributed by atoms with Gasteiger partial charge in [-0.3, -0.25) is 14.4 Å². The lowest BCUT2D eigenvalue weighted by Crippen LogP contribution is -2.42. The number of carbonyl (C=O) groups is 3. The molecule has 1 fully saturated rings. The van der Waals surface area contributed by atoms with E-state index in [9.17, 15) is 14.4 Å². The van der Waals surface area contributed by atoms with E-state index in [1.165, 1.54) is 7.11 Å². The van der Waals surface area contributed by atoms with Crippen LogP contribution in [-0.4, -0.2) is 42.5 Å². The Morgan fingerprint density at radius 3 is 2.46 bits per heavy atom. The summed E-state index contributed by atoms with van der Waals surface area (Å²) >= 11 is 6.63. The maximum atomic E-state index is 12.2. The average molecular weight is 465 g/mol. The third-order valence-corrected chi connectivity index (χ3v) is 5.82. The lowest BCUT2D eigenvalue weighted by molar-refractivity contribution is -0.141. The Morgan fingerprint density at radius 1 is 1.25 bits per heavy atom. The van der Waals surface area contributed by atoms with Crippen molar-refractivity contribution in [3.8, 4) is 0 Å². The lowest BCUT2D eigenvalue weighted by Gasteiger charge is -2.28. The molecule has 1 aliphatic rings. The third-order valence-electron chi connectivity index (χ3n) is 4.04. The minimum Gasteiger partial charge on any atom is -0.468 e. The Bertz CT molecular complexity index is 605. The fourth-order valence-electron chi connectivity index (χ4n) is 2.67. The summed E-state index contributed by atoms with van der Waals surface area (Å²) in [7, 11) is 1.28. The Balaban J connectivity index is 1.77. The van der Waals surface area contributed by atoms with Crippen molar-refractivity contribution in [1.82, 2.24) is 15.6 Å². The van der Waals surface area contributed by atoms with Crippen LogP contribution in [-0.2, 0) is 14.3 Å². The number of esters is 1. The number of H-pyrrole nitrogens is 1. The summed E-state index contributed by atoms with van der Waals surface area (Å²) in [5, 5.41) is 5.55. The minimum absolute atomic E-state index is 0.0445. The third kappa shape index (κ3) is 5.07. The molecule has 1 aromatic heterocycles. The Hall–Kier alpha value is -1.35. The quantitative estimate of drug-likeness (QED) is 0.581. The monoisotopic (exact) mass is 463 g/mol. The number of hydrogen-bond donors (Lipinski definition) is 3. The van der Waals surface area contributed by atoms with Gasteiger partial charge in [-0.2, -0.15) is 0 Å². The van der Waals surface area contributed by atoms with Crippen molar-refractivity contribution in [2.45, 2.75) is 31.7 Å². The summed E-state index contributed by atoms with van der Waals surface area (Å²) in [4.78, 5) is 38.2. The Kier molecular flexibility index (Phi) is 6.85. The molecule has 3 N–H and O–H groups in total. The zero-order chi connectivity index (χ0) is 17.7. The zero-order valence-electron chi connectivity index (χ0n) is 13.2. The summed E-state index contributed by atoms with van der Waals surface area (Å²) in [6.45, 7) is -0.109. The largest absolute Gasteiger partial charge is 0.468 e. The second-order valence-corrected chi connectivity index (χ2v) is 7.31. The summed E-state index contributed by atoms with van der Waals surface area (Å²) in [5.74, 6) is -0.897. The molecule has 7 nitrogen and oxygen atoms in total. The number of amides is 2. The van der Waals surface area contributed by atoms with E-state index in [4.69, 9.17) is 0 Å². The molecule has 1 aliphatic carbocycles. The van der Waals surface area contributed by atoms with Crippen molar-refractivity contribution < 1.29 is 19.1 Å². The van der Waals surface area contributed by atoms with Gasteiger partial charge >= 0.3 is 5.97 Å². The molecule has 0 unspecified atom stereocenters. The smallest absolute Gasteiger partial charge is 0.325 e. The molecule has 0 atom stereocenters. The van der Waals surface area contributed by atoms with Gasteiger partial charge in [-0.1, -0.05) is 0 Å². The number of aromatic amines is 1. The molecule has 132 valence electrons. The molecule has 1 aromatic rings. The van der Waals surface area contributed by atoms with E-state index in [0.29, 0.717) is 18.5 Å². The van der Waals surface area contributed by atoms with Gasteiger partial charge in [-0.05, 0) is 63.6 Å². The van der Waals surface area contributed by atoms with Gasteiger partial charge in [0.2, 0.25) is 5.91 Å². The van der Waals surface area contributed by atoms with Gasteiger partial charge in [-0.15, -0.1) is 0 Å². The highest BCUT2D eigenvalue weighted by Crippen LogP contribution is 2.26. The first kappa shape index (κ1) is 19.0. The molecule has 0 radical (unpaired) electrons. The average Bonchev–Trinajstić information content (AvgIpc) is 2.92. The van der Waals surface area contributed by atoms with Crippen LogP contribution in [0.1, 0.15) is 36.2 Å². The van der Waals surface area contributed by atoms with E-state index in [0.717, 1.165) is 21.9 Å². The van der Waals surface area contributed by atoms with Crippen LogP contribution in [0.4, 0.5) is 0 Å². The maximum absolute atomic E-state index is 12.2. The highest BCUT2D eigenvalue weighted by molar-refractivity contribution is 9.13. The van der Waals surface area contributed by atoms with Gasteiger partial charge in [0.15, 0.2) is 0 Å². The summed E-state index contributed by atoms with van der Waals surface area (Å²) in [6.07, 6.45) is 2.81. The molecule has 9 heteroatoms. The minimum atomic E-state index is -0.465. The maximum Gasteiger partial charge on any atom is 0.325 e. The highest BCUT2D eigenvalue weighted by atomic mass is 79.9. The van der Waals surface area contributed by atoms with Crippen LogP contribution in [0.3, 0.4) is 0 Å². The second kappa shape index (κ2) is 8.66. The molecule has 24 heavy (non-hydrogen) atoms. The van der Waals surface area contributed by atoms with Crippen LogP contribution in [0.2, 0.25) is 0 Å². The fourth-order valence-corrected chi connectivity index (χ4v) is 3.32. The summed E-state index contributed by atoms with van der Waals surface area (Å²) in [6, 6.07) is 1.76. The van der Waals surface area contributed by atoms with Gasteiger partial charge in [0.25, 0.3) is 5.91 Å². The van der Waals surface area contributed by atoms with E-state index < -0.39 is 5.97 Å². The van der Waals surface area contributed by atoms with Crippen LogP contribution >= 0.6 is 31.9 Å². The van der Waals surface area contributed by atoms with Crippen molar-refractivity contribution in [2.75, 3.05) is 13.7 Å². The number of aromatic nitrogens is 1. The van der Waals surface area contributed by atoms with E-state index in [1.54, 1.807) is 6.07 Å². The van der Waals surface area contributed by atoms with Gasteiger partial charge in [-0.25, -0.2) is 0 Å². The highest BCUT2D eigenvalue weighted by Gasteiger charge is 2.27. The first-order valence-corrected chi connectivity index (χ1v) is 9.18. The van der Waals surface area contributed by atoms with E-state index in [1.807, 2.05) is 0 Å². The molecule has 1 saturated carbocycles. The molecule has 2 amide bonds. The number of carbonyl (C=O) groups excluding carboxylic acids is 3. The molecule has 0 spiro atoms. The predicted molar refractivity (Wildman–Crippen MR) is 94.4 cm³/mol. The van der Waals surface area contributed by atoms with Crippen molar-refractivity contribution in [3.05, 3.63) is 20.8 Å². The van der Waals surface area contributed by atoms with Crippen molar-refractivity contribution in [1.29, 1.82) is 0 Å². The molecule has 0 bridgehead atoms. The van der Waals surface area contributed by atoms with E-state index in [-0.39, 0.29) is 30.3 Å². The summed E-state index contributed by atoms with van der Waals surface area (Å²) in [5.41, 5.74) is 0.478. The number of ether oxygens (including phenoxy) is 1. The van der Waals surface area contributed by atoms with Gasteiger partial charge in [0.1, 0.15) is 12.2 Å². The first-order valence-electron chi connectivity index (χ1n) is 7.60. The normalized spacial score (nSPS) is 20.3. The van der Waals surface area contributed by atoms with Crippen LogP contribution in [0, 0.1) is 5.92 Å². The standard InChI is InChI=1S/C15H19Br2N3O4/c1-24-12(21)7-18-14(22)8-2-4-9(5-3-8)19-15(23)11-6-10(16)13(17)20-11/h6,8-9,20H,2-5,7H2,1H3,(H,18,22)(H,19,23).